The van der Waals surface area contributed by atoms with Crippen molar-refractivity contribution in [2.24, 2.45) is 0 Å². The number of rotatable bonds is 9. The summed E-state index contributed by atoms with van der Waals surface area (Å²) in [5.74, 6) is -1.01. The second kappa shape index (κ2) is 12.8. The molecular weight excluding hydrogens is 593 g/mol. The molecule has 40 heavy (non-hydrogen) atoms. The zero-order chi connectivity index (χ0) is 29.8. The maximum atomic E-state index is 14.0. The number of halogens is 3. The van der Waals surface area contributed by atoms with Crippen LogP contribution in [0.25, 0.3) is 0 Å². The van der Waals surface area contributed by atoms with Crippen molar-refractivity contribution < 1.29 is 18.0 Å². The first kappa shape index (κ1) is 31.7. The Morgan fingerprint density at radius 3 is 2.15 bits per heavy atom. The monoisotopic (exact) mass is 623 g/mol. The van der Waals surface area contributed by atoms with Crippen LogP contribution < -0.4 is 9.62 Å². The Balaban J connectivity index is 2.07. The van der Waals surface area contributed by atoms with E-state index in [1.807, 2.05) is 20.8 Å². The first-order valence-electron chi connectivity index (χ1n) is 12.5. The van der Waals surface area contributed by atoms with Crippen molar-refractivity contribution in [2.75, 3.05) is 10.8 Å². The molecule has 0 spiro atoms. The fraction of sp³-hybridized carbons (Fsp3) is 0.310. The number of nitrogens with one attached hydrogen (secondary N) is 1. The Kier molecular flexibility index (Phi) is 10.2. The van der Waals surface area contributed by atoms with E-state index in [0.29, 0.717) is 20.6 Å². The Morgan fingerprint density at radius 1 is 0.925 bits per heavy atom. The van der Waals surface area contributed by atoms with Crippen LogP contribution in [0.2, 0.25) is 15.1 Å². The van der Waals surface area contributed by atoms with E-state index < -0.39 is 40.0 Å². The first-order valence-corrected chi connectivity index (χ1v) is 15.1. The molecule has 0 fully saturated rings. The maximum Gasteiger partial charge on any atom is 0.264 e. The summed E-state index contributed by atoms with van der Waals surface area (Å²) in [6, 6.07) is 16.5. The molecule has 0 unspecified atom stereocenters. The molecule has 214 valence electrons. The SMILES string of the molecule is Cc1ccc(N(CC(=O)N(Cc2ccc(Cl)cc2Cl)[C@@H](C)C(=O)NC(C)(C)C)S(=O)(=O)c2ccccc2)cc1Cl. The maximum absolute atomic E-state index is 14.0. The number of carbonyl (C=O) groups is 2. The minimum absolute atomic E-state index is 0.00492. The van der Waals surface area contributed by atoms with Gasteiger partial charge in [-0.3, -0.25) is 13.9 Å². The lowest BCUT2D eigenvalue weighted by molar-refractivity contribution is -0.140. The minimum atomic E-state index is -4.19. The molecule has 0 aliphatic carbocycles. The highest BCUT2D eigenvalue weighted by atomic mass is 35.5. The van der Waals surface area contributed by atoms with Crippen LogP contribution in [-0.2, 0) is 26.2 Å². The van der Waals surface area contributed by atoms with Crippen LogP contribution in [0.5, 0.6) is 0 Å². The third-order valence-electron chi connectivity index (χ3n) is 6.07. The predicted molar refractivity (Wildman–Crippen MR) is 162 cm³/mol. The molecule has 2 amide bonds. The van der Waals surface area contributed by atoms with Crippen LogP contribution in [0, 0.1) is 6.92 Å². The molecule has 11 heteroatoms. The number of amides is 2. The van der Waals surface area contributed by atoms with Crippen LogP contribution in [0.3, 0.4) is 0 Å². The zero-order valence-electron chi connectivity index (χ0n) is 22.9. The predicted octanol–water partition coefficient (Wildman–Crippen LogP) is 6.48. The van der Waals surface area contributed by atoms with Crippen LogP contribution >= 0.6 is 34.8 Å². The van der Waals surface area contributed by atoms with Gasteiger partial charge in [-0.25, -0.2) is 8.42 Å². The van der Waals surface area contributed by atoms with Gasteiger partial charge in [-0.2, -0.15) is 0 Å². The number of aryl methyl sites for hydroxylation is 1. The average molecular weight is 625 g/mol. The van der Waals surface area contributed by atoms with E-state index in [9.17, 15) is 18.0 Å². The average Bonchev–Trinajstić information content (AvgIpc) is 2.87. The van der Waals surface area contributed by atoms with E-state index in [0.717, 1.165) is 9.87 Å². The number of hydrogen-bond acceptors (Lipinski definition) is 4. The van der Waals surface area contributed by atoms with E-state index in [1.165, 1.54) is 23.1 Å². The summed E-state index contributed by atoms with van der Waals surface area (Å²) in [6.07, 6.45) is 0. The summed E-state index contributed by atoms with van der Waals surface area (Å²) >= 11 is 18.8. The van der Waals surface area contributed by atoms with Crippen molar-refractivity contribution in [3.63, 3.8) is 0 Å². The van der Waals surface area contributed by atoms with Gasteiger partial charge >= 0.3 is 0 Å². The fourth-order valence-corrected chi connectivity index (χ4v) is 5.95. The topological polar surface area (TPSA) is 86.8 Å². The molecule has 0 saturated heterocycles. The normalized spacial score (nSPS) is 12.5. The molecular formula is C29H32Cl3N3O4S. The van der Waals surface area contributed by atoms with Gasteiger partial charge in [0, 0.05) is 27.2 Å². The summed E-state index contributed by atoms with van der Waals surface area (Å²) in [6.45, 7) is 8.22. The smallest absolute Gasteiger partial charge is 0.264 e. The highest BCUT2D eigenvalue weighted by Gasteiger charge is 2.33. The van der Waals surface area contributed by atoms with E-state index in [2.05, 4.69) is 5.32 Å². The lowest BCUT2D eigenvalue weighted by atomic mass is 10.1. The molecule has 3 aromatic carbocycles. The summed E-state index contributed by atoms with van der Waals surface area (Å²) in [7, 11) is -4.19. The Hall–Kier alpha value is -2.78. The molecule has 3 rings (SSSR count). The summed E-state index contributed by atoms with van der Waals surface area (Å²) in [5.41, 5.74) is 0.953. The van der Waals surface area contributed by atoms with Gasteiger partial charge in [-0.05, 0) is 82.1 Å². The van der Waals surface area contributed by atoms with Gasteiger partial charge in [0.25, 0.3) is 10.0 Å². The Morgan fingerprint density at radius 2 is 1.57 bits per heavy atom. The van der Waals surface area contributed by atoms with Crippen molar-refractivity contribution in [1.82, 2.24) is 10.2 Å². The van der Waals surface area contributed by atoms with E-state index in [4.69, 9.17) is 34.8 Å². The second-order valence-electron chi connectivity index (χ2n) is 10.4. The number of anilines is 1. The number of nitrogens with zero attached hydrogens (tertiary/aromatic N) is 2. The molecule has 0 aliphatic rings. The summed E-state index contributed by atoms with van der Waals surface area (Å²) in [4.78, 5) is 28.5. The van der Waals surface area contributed by atoms with Crippen molar-refractivity contribution in [3.8, 4) is 0 Å². The molecule has 0 aliphatic heterocycles. The van der Waals surface area contributed by atoms with Crippen LogP contribution in [0.4, 0.5) is 5.69 Å². The largest absolute Gasteiger partial charge is 0.350 e. The number of hydrogen-bond donors (Lipinski definition) is 1. The van der Waals surface area contributed by atoms with Gasteiger partial charge in [-0.15, -0.1) is 0 Å². The highest BCUT2D eigenvalue weighted by Crippen LogP contribution is 2.29. The summed E-state index contributed by atoms with van der Waals surface area (Å²) in [5, 5.41) is 3.96. The number of benzene rings is 3. The van der Waals surface area contributed by atoms with Gasteiger partial charge < -0.3 is 10.2 Å². The number of sulfonamides is 1. The van der Waals surface area contributed by atoms with Crippen LogP contribution in [-0.4, -0.2) is 43.3 Å². The molecule has 0 aromatic heterocycles. The van der Waals surface area contributed by atoms with Crippen molar-refractivity contribution in [3.05, 3.63) is 92.9 Å². The first-order chi connectivity index (χ1) is 18.6. The van der Waals surface area contributed by atoms with Crippen molar-refractivity contribution >= 4 is 62.3 Å². The number of carbonyl (C=O) groups excluding carboxylic acids is 2. The molecule has 1 atom stereocenters. The molecule has 3 aromatic rings. The quantitative estimate of drug-likeness (QED) is 0.295. The van der Waals surface area contributed by atoms with Gasteiger partial charge in [0.15, 0.2) is 0 Å². The van der Waals surface area contributed by atoms with Crippen LogP contribution in [0.1, 0.15) is 38.8 Å². The second-order valence-corrected chi connectivity index (χ2v) is 13.5. The molecule has 0 radical (unpaired) electrons. The van der Waals surface area contributed by atoms with Gasteiger partial charge in [0.2, 0.25) is 11.8 Å². The van der Waals surface area contributed by atoms with Gasteiger partial charge in [-0.1, -0.05) is 65.1 Å². The Labute approximate surface area is 251 Å². The highest BCUT2D eigenvalue weighted by molar-refractivity contribution is 7.92. The summed E-state index contributed by atoms with van der Waals surface area (Å²) < 4.78 is 28.7. The van der Waals surface area contributed by atoms with Gasteiger partial charge in [0.1, 0.15) is 12.6 Å². The molecule has 7 nitrogen and oxygen atoms in total. The van der Waals surface area contributed by atoms with Crippen molar-refractivity contribution in [1.29, 1.82) is 0 Å². The zero-order valence-corrected chi connectivity index (χ0v) is 26.0. The Bertz CT molecular complexity index is 1490. The minimum Gasteiger partial charge on any atom is -0.350 e. The molecule has 0 saturated carbocycles. The third-order valence-corrected chi connectivity index (χ3v) is 8.86. The van der Waals surface area contributed by atoms with Gasteiger partial charge in [0.05, 0.1) is 10.6 Å². The third kappa shape index (κ3) is 7.91. The fourth-order valence-electron chi connectivity index (χ4n) is 3.88. The van der Waals surface area contributed by atoms with E-state index >= 15 is 0 Å². The molecule has 0 heterocycles. The lowest BCUT2D eigenvalue weighted by Gasteiger charge is -2.33. The van der Waals surface area contributed by atoms with Crippen molar-refractivity contribution in [2.45, 2.75) is 57.6 Å². The molecule has 1 N–H and O–H groups in total. The van der Waals surface area contributed by atoms with E-state index in [1.54, 1.807) is 62.4 Å². The van der Waals surface area contributed by atoms with E-state index in [-0.39, 0.29) is 17.1 Å². The standard InChI is InChI=1S/C29H32Cl3N3O4S/c1-19-11-14-23(16-25(19)31)35(40(38,39)24-9-7-6-8-10-24)18-27(36)34(20(2)28(37)33-29(3,4)5)17-21-12-13-22(30)15-26(21)32/h6-16,20H,17-18H2,1-5H3,(H,33,37)/t20-/m0/s1. The molecule has 0 bridgehead atoms. The lowest BCUT2D eigenvalue weighted by Crippen LogP contribution is -2.54. The van der Waals surface area contributed by atoms with Crippen LogP contribution in [0.15, 0.2) is 71.6 Å².